The van der Waals surface area contributed by atoms with Crippen LogP contribution in [0.1, 0.15) is 5.56 Å². The summed E-state index contributed by atoms with van der Waals surface area (Å²) in [6, 6.07) is 14.2. The standard InChI is InChI=1S/C30H26O12/c31-13-23-27(37)28(38)29(42-24(35)10-3-15-1-6-17(32)7-2-15)30(41-23)40-19-11-21(34)25-22(12-19)39-14-20(26(25)36)16-4-8-18(33)9-5-16/h1-12,14,23,27-34,37-38H,13H2/t23-,27-,28-,29-,30+/m0/s1. The first kappa shape index (κ1) is 28.6. The van der Waals surface area contributed by atoms with Crippen molar-refractivity contribution in [2.24, 2.45) is 0 Å². The van der Waals surface area contributed by atoms with Gasteiger partial charge in [0.1, 0.15) is 58.5 Å². The third-order valence-corrected chi connectivity index (χ3v) is 6.64. The number of fused-ring (bicyclic) bond motifs is 1. The van der Waals surface area contributed by atoms with Gasteiger partial charge in [-0.3, -0.25) is 4.79 Å². The number of aliphatic hydroxyl groups excluding tert-OH is 3. The average Bonchev–Trinajstić information content (AvgIpc) is 2.97. The smallest absolute Gasteiger partial charge is 0.331 e. The van der Waals surface area contributed by atoms with Crippen molar-refractivity contribution >= 4 is 23.0 Å². The molecule has 12 nitrogen and oxygen atoms in total. The first-order valence-electron chi connectivity index (χ1n) is 12.7. The molecule has 0 unspecified atom stereocenters. The van der Waals surface area contributed by atoms with Gasteiger partial charge in [0, 0.05) is 18.2 Å². The Morgan fingerprint density at radius 2 is 1.60 bits per heavy atom. The van der Waals surface area contributed by atoms with Crippen LogP contribution < -0.4 is 10.2 Å². The molecule has 218 valence electrons. The molecule has 1 aromatic heterocycles. The number of aliphatic hydroxyl groups is 3. The molecule has 0 amide bonds. The Balaban J connectivity index is 1.41. The summed E-state index contributed by atoms with van der Waals surface area (Å²) < 4.78 is 22.3. The van der Waals surface area contributed by atoms with Crippen LogP contribution in [0.4, 0.5) is 0 Å². The zero-order valence-corrected chi connectivity index (χ0v) is 21.7. The van der Waals surface area contributed by atoms with Crippen molar-refractivity contribution in [3.05, 3.63) is 88.8 Å². The molecular formula is C30H26O12. The lowest BCUT2D eigenvalue weighted by molar-refractivity contribution is -0.281. The monoisotopic (exact) mass is 578 g/mol. The van der Waals surface area contributed by atoms with Gasteiger partial charge in [0.05, 0.1) is 12.2 Å². The third kappa shape index (κ3) is 5.92. The number of hydrogen-bond acceptors (Lipinski definition) is 12. The fourth-order valence-corrected chi connectivity index (χ4v) is 4.45. The molecule has 0 spiro atoms. The molecule has 12 heteroatoms. The van der Waals surface area contributed by atoms with E-state index in [1.807, 2.05) is 0 Å². The van der Waals surface area contributed by atoms with Crippen LogP contribution in [0.5, 0.6) is 23.0 Å². The third-order valence-electron chi connectivity index (χ3n) is 6.64. The van der Waals surface area contributed by atoms with E-state index in [0.717, 1.165) is 12.1 Å². The molecule has 0 saturated carbocycles. The van der Waals surface area contributed by atoms with E-state index < -0.39 is 54.5 Å². The Morgan fingerprint density at radius 3 is 2.26 bits per heavy atom. The van der Waals surface area contributed by atoms with Crippen molar-refractivity contribution in [2.75, 3.05) is 6.61 Å². The Hall–Kier alpha value is -4.88. The summed E-state index contributed by atoms with van der Waals surface area (Å²) in [6.07, 6.45) is -4.16. The lowest BCUT2D eigenvalue weighted by atomic mass is 9.99. The molecule has 3 aromatic carbocycles. The van der Waals surface area contributed by atoms with Gasteiger partial charge in [-0.15, -0.1) is 0 Å². The molecule has 6 N–H and O–H groups in total. The summed E-state index contributed by atoms with van der Waals surface area (Å²) in [5.41, 5.74) is 0.548. The second kappa shape index (κ2) is 11.9. The normalized spacial score (nSPS) is 22.3. The van der Waals surface area contributed by atoms with E-state index in [9.17, 15) is 40.2 Å². The molecule has 1 aliphatic rings. The maximum Gasteiger partial charge on any atom is 0.331 e. The predicted molar refractivity (Wildman–Crippen MR) is 147 cm³/mol. The Kier molecular flexibility index (Phi) is 8.13. The minimum Gasteiger partial charge on any atom is -0.508 e. The van der Waals surface area contributed by atoms with E-state index in [1.165, 1.54) is 54.8 Å². The van der Waals surface area contributed by atoms with Gasteiger partial charge in [-0.2, -0.15) is 0 Å². The molecule has 4 aromatic rings. The van der Waals surface area contributed by atoms with Gasteiger partial charge >= 0.3 is 5.97 Å². The summed E-state index contributed by atoms with van der Waals surface area (Å²) in [6.45, 7) is -0.697. The Morgan fingerprint density at radius 1 is 0.929 bits per heavy atom. The largest absolute Gasteiger partial charge is 0.508 e. The Bertz CT molecular complexity index is 1660. The van der Waals surface area contributed by atoms with Gasteiger partial charge in [-0.25, -0.2) is 4.79 Å². The molecule has 0 aliphatic carbocycles. The minimum absolute atomic E-state index is 0.0110. The van der Waals surface area contributed by atoms with Crippen LogP contribution in [0, 0.1) is 0 Å². The fraction of sp³-hybridized carbons (Fsp3) is 0.200. The lowest BCUT2D eigenvalue weighted by Crippen LogP contribution is -2.61. The maximum absolute atomic E-state index is 13.1. The second-order valence-corrected chi connectivity index (χ2v) is 9.49. The fourth-order valence-electron chi connectivity index (χ4n) is 4.45. The van der Waals surface area contributed by atoms with E-state index in [0.29, 0.717) is 11.1 Å². The number of hydrogen-bond donors (Lipinski definition) is 6. The van der Waals surface area contributed by atoms with Gasteiger partial charge in [0.2, 0.25) is 11.7 Å². The molecule has 1 aliphatic heterocycles. The number of benzene rings is 3. The first-order chi connectivity index (χ1) is 20.1. The summed E-state index contributed by atoms with van der Waals surface area (Å²) in [5.74, 6) is -1.48. The number of carbonyl (C=O) groups excluding carboxylic acids is 1. The van der Waals surface area contributed by atoms with Crippen LogP contribution >= 0.6 is 0 Å². The number of carbonyl (C=O) groups is 1. The maximum atomic E-state index is 13.1. The molecule has 1 fully saturated rings. The highest BCUT2D eigenvalue weighted by atomic mass is 16.7. The molecule has 5 atom stereocenters. The van der Waals surface area contributed by atoms with E-state index in [4.69, 9.17) is 18.6 Å². The van der Waals surface area contributed by atoms with Crippen molar-refractivity contribution < 1.29 is 54.1 Å². The zero-order chi connectivity index (χ0) is 30.0. The minimum atomic E-state index is -1.73. The topological polar surface area (TPSA) is 196 Å². The SMILES string of the molecule is O=C(C=Cc1ccc(O)cc1)O[C@@H]1[C@H](Oc2cc(O)c3c(=O)c(-c4ccc(O)cc4)coc3c2)O[C@@H](CO)[C@H](O)[C@@H]1O. The van der Waals surface area contributed by atoms with Gasteiger partial charge in [0.15, 0.2) is 6.10 Å². The van der Waals surface area contributed by atoms with Crippen LogP contribution in [0.2, 0.25) is 0 Å². The highest BCUT2D eigenvalue weighted by Crippen LogP contribution is 2.33. The van der Waals surface area contributed by atoms with Gasteiger partial charge in [-0.1, -0.05) is 24.3 Å². The summed E-state index contributed by atoms with van der Waals surface area (Å²) >= 11 is 0. The Labute approximate surface area is 237 Å². The molecule has 42 heavy (non-hydrogen) atoms. The number of phenolic OH excluding ortho intramolecular Hbond substituents is 3. The lowest BCUT2D eigenvalue weighted by Gasteiger charge is -2.41. The van der Waals surface area contributed by atoms with E-state index in [1.54, 1.807) is 12.1 Å². The average molecular weight is 579 g/mol. The van der Waals surface area contributed by atoms with Crippen LogP contribution in [-0.2, 0) is 14.3 Å². The second-order valence-electron chi connectivity index (χ2n) is 9.49. The number of esters is 1. The van der Waals surface area contributed by atoms with Crippen molar-refractivity contribution in [1.82, 2.24) is 0 Å². The van der Waals surface area contributed by atoms with Gasteiger partial charge in [0.25, 0.3) is 0 Å². The van der Waals surface area contributed by atoms with Crippen LogP contribution in [-0.4, -0.2) is 73.9 Å². The van der Waals surface area contributed by atoms with Gasteiger partial charge in [-0.05, 0) is 41.5 Å². The van der Waals surface area contributed by atoms with Crippen molar-refractivity contribution in [3.63, 3.8) is 0 Å². The quantitative estimate of drug-likeness (QED) is 0.138. The molecule has 1 saturated heterocycles. The van der Waals surface area contributed by atoms with E-state index in [2.05, 4.69) is 0 Å². The number of aromatic hydroxyl groups is 3. The highest BCUT2D eigenvalue weighted by molar-refractivity contribution is 5.88. The predicted octanol–water partition coefficient (Wildman–Crippen LogP) is 2.02. The molecular weight excluding hydrogens is 552 g/mol. The van der Waals surface area contributed by atoms with Crippen LogP contribution in [0.15, 0.2) is 82.2 Å². The zero-order valence-electron chi connectivity index (χ0n) is 21.7. The number of phenols is 3. The summed E-state index contributed by atoms with van der Waals surface area (Å²) in [4.78, 5) is 25.7. The first-order valence-corrected chi connectivity index (χ1v) is 12.7. The summed E-state index contributed by atoms with van der Waals surface area (Å²) in [7, 11) is 0. The molecule has 0 bridgehead atoms. The molecule has 2 heterocycles. The van der Waals surface area contributed by atoms with Crippen LogP contribution in [0.3, 0.4) is 0 Å². The number of ether oxygens (including phenoxy) is 3. The highest BCUT2D eigenvalue weighted by Gasteiger charge is 2.48. The van der Waals surface area contributed by atoms with E-state index in [-0.39, 0.29) is 33.8 Å². The molecule has 5 rings (SSSR count). The summed E-state index contributed by atoms with van der Waals surface area (Å²) in [5, 5.41) is 60.2. The number of rotatable bonds is 7. The van der Waals surface area contributed by atoms with Crippen molar-refractivity contribution in [3.8, 4) is 34.1 Å². The van der Waals surface area contributed by atoms with Crippen LogP contribution in [0.25, 0.3) is 28.2 Å². The van der Waals surface area contributed by atoms with Gasteiger partial charge < -0.3 is 49.3 Å². The van der Waals surface area contributed by atoms with Crippen molar-refractivity contribution in [2.45, 2.75) is 30.7 Å². The molecule has 0 radical (unpaired) electrons. The van der Waals surface area contributed by atoms with Crippen molar-refractivity contribution in [1.29, 1.82) is 0 Å². The van der Waals surface area contributed by atoms with E-state index >= 15 is 0 Å².